The number of hydrogen-bond acceptors (Lipinski definition) is 1. The Balaban J connectivity index is 1.08. The minimum absolute atomic E-state index is 0.0993. The van der Waals surface area contributed by atoms with Gasteiger partial charge in [-0.1, -0.05) is 153 Å². The van der Waals surface area contributed by atoms with Gasteiger partial charge in [0.25, 0.3) is 0 Å². The van der Waals surface area contributed by atoms with Crippen molar-refractivity contribution in [2.24, 2.45) is 23.7 Å². The molecule has 284 valence electrons. The monoisotopic (exact) mass is 757 g/mol. The number of nitrogens with zero attached hydrogens (tertiary/aromatic N) is 1. The number of hydrogen-bond donors (Lipinski definition) is 0. The van der Waals surface area contributed by atoms with Crippen LogP contribution < -0.4 is 4.90 Å². The fourth-order valence-electron chi connectivity index (χ4n) is 13.6. The number of anilines is 3. The van der Waals surface area contributed by atoms with Crippen LogP contribution in [0.1, 0.15) is 61.8 Å². The highest BCUT2D eigenvalue weighted by atomic mass is 15.1. The lowest BCUT2D eigenvalue weighted by Crippen LogP contribution is -2.40. The smallest absolute Gasteiger partial charge is 0.0546 e. The van der Waals surface area contributed by atoms with E-state index in [4.69, 9.17) is 0 Å². The average Bonchev–Trinajstić information content (AvgIpc) is 3.90. The van der Waals surface area contributed by atoms with Crippen LogP contribution in [0.15, 0.2) is 176 Å². The number of fused-ring (bicyclic) bond motifs is 7. The maximum atomic E-state index is 2.66. The van der Waals surface area contributed by atoms with E-state index >= 15 is 0 Å². The van der Waals surface area contributed by atoms with Crippen molar-refractivity contribution in [2.45, 2.75) is 50.4 Å². The fraction of sp³-hybridized carbons (Fsp3) is 0.207. The fourth-order valence-corrected chi connectivity index (χ4v) is 13.6. The Morgan fingerprint density at radius 1 is 0.441 bits per heavy atom. The van der Waals surface area contributed by atoms with Gasteiger partial charge in [-0.15, -0.1) is 0 Å². The molecular formula is C58H47N. The Kier molecular flexibility index (Phi) is 6.97. The lowest BCUT2D eigenvalue weighted by atomic mass is 9.59. The van der Waals surface area contributed by atoms with E-state index in [9.17, 15) is 0 Å². The molecule has 0 heterocycles. The van der Waals surface area contributed by atoms with E-state index in [1.807, 2.05) is 0 Å². The quantitative estimate of drug-likeness (QED) is 0.169. The van der Waals surface area contributed by atoms with E-state index < -0.39 is 0 Å². The first-order chi connectivity index (χ1) is 29.0. The molecular weight excluding hydrogens is 711 g/mol. The van der Waals surface area contributed by atoms with Crippen LogP contribution in [0.3, 0.4) is 0 Å². The van der Waals surface area contributed by atoms with Crippen LogP contribution in [-0.2, 0) is 10.8 Å². The molecule has 4 bridgehead atoms. The van der Waals surface area contributed by atoms with Crippen molar-refractivity contribution in [1.82, 2.24) is 0 Å². The average molecular weight is 758 g/mol. The minimum Gasteiger partial charge on any atom is -0.310 e. The summed E-state index contributed by atoms with van der Waals surface area (Å²) in [6.45, 7) is 4.81. The standard InChI is InChI=1S/C58H47N/c1-57(2)50-20-10-8-17-46(50)48-27-25-43(34-53(48)57)59(55-22-12-19-45(56(55)38-14-4-3-5-15-38)40-24-23-37-13-6-7-16-39(37)32-40)44-26-28-49-47-18-9-11-21-51(47)58(54(49)35-44)42-30-36-29-41(33-42)52(58)31-36/h3-28,32,34-36,41-42,52H,29-31,33H2,1-2H3. The summed E-state index contributed by atoms with van der Waals surface area (Å²) in [6, 6.07) is 67.2. The SMILES string of the molecule is CC1(C)c2ccccc2-c2ccc(N(c3ccc4c(c3)C3(c5ccccc5-4)C4CC5CC(C4)C3C5)c3cccc(-c4ccc5ccccc5c4)c3-c3ccccc3)cc21. The third-order valence-electron chi connectivity index (χ3n) is 15.8. The predicted molar refractivity (Wildman–Crippen MR) is 246 cm³/mol. The zero-order valence-corrected chi connectivity index (χ0v) is 33.8. The van der Waals surface area contributed by atoms with E-state index in [-0.39, 0.29) is 10.8 Å². The van der Waals surface area contributed by atoms with Crippen LogP contribution in [0.25, 0.3) is 55.3 Å². The van der Waals surface area contributed by atoms with Crippen LogP contribution in [0.5, 0.6) is 0 Å². The molecule has 59 heavy (non-hydrogen) atoms. The Morgan fingerprint density at radius 2 is 1.08 bits per heavy atom. The molecule has 6 aliphatic rings. The van der Waals surface area contributed by atoms with Crippen LogP contribution in [0.4, 0.5) is 17.1 Å². The zero-order chi connectivity index (χ0) is 39.0. The molecule has 1 nitrogen and oxygen atoms in total. The molecule has 6 aliphatic carbocycles. The first-order valence-electron chi connectivity index (χ1n) is 21.9. The van der Waals surface area contributed by atoms with Gasteiger partial charge in [0.15, 0.2) is 0 Å². The second-order valence-corrected chi connectivity index (χ2v) is 18.9. The maximum absolute atomic E-state index is 2.66. The minimum atomic E-state index is -0.117. The topological polar surface area (TPSA) is 3.24 Å². The molecule has 1 spiro atoms. The van der Waals surface area contributed by atoms with Gasteiger partial charge in [0.1, 0.15) is 0 Å². The molecule has 0 saturated heterocycles. The molecule has 0 amide bonds. The summed E-state index contributed by atoms with van der Waals surface area (Å²) >= 11 is 0. The Labute approximate surface area is 348 Å². The van der Waals surface area contributed by atoms with Crippen molar-refractivity contribution in [1.29, 1.82) is 0 Å². The van der Waals surface area contributed by atoms with Gasteiger partial charge in [0.05, 0.1) is 5.69 Å². The van der Waals surface area contributed by atoms with E-state index in [0.717, 1.165) is 17.8 Å². The van der Waals surface area contributed by atoms with E-state index in [1.165, 1.54) is 109 Å². The van der Waals surface area contributed by atoms with E-state index in [2.05, 4.69) is 195 Å². The molecule has 4 fully saturated rings. The maximum Gasteiger partial charge on any atom is 0.0546 e. The van der Waals surface area contributed by atoms with Crippen molar-refractivity contribution in [3.05, 3.63) is 198 Å². The van der Waals surface area contributed by atoms with Gasteiger partial charge in [0, 0.05) is 27.8 Å². The molecule has 5 atom stereocenters. The van der Waals surface area contributed by atoms with Gasteiger partial charge in [-0.2, -0.15) is 0 Å². The first kappa shape index (κ1) is 33.8. The van der Waals surface area contributed by atoms with Gasteiger partial charge in [-0.05, 0) is 158 Å². The van der Waals surface area contributed by atoms with Gasteiger partial charge in [0.2, 0.25) is 0 Å². The van der Waals surface area contributed by atoms with Gasteiger partial charge in [-0.25, -0.2) is 0 Å². The van der Waals surface area contributed by atoms with E-state index in [0.29, 0.717) is 5.92 Å². The van der Waals surface area contributed by atoms with Gasteiger partial charge in [-0.3, -0.25) is 0 Å². The molecule has 8 aromatic rings. The predicted octanol–water partition coefficient (Wildman–Crippen LogP) is 15.3. The lowest BCUT2D eigenvalue weighted by Gasteiger charge is -2.44. The van der Waals surface area contributed by atoms with Gasteiger partial charge < -0.3 is 4.90 Å². The summed E-state index contributed by atoms with van der Waals surface area (Å²) in [5.41, 5.74) is 20.2. The second-order valence-electron chi connectivity index (χ2n) is 18.9. The summed E-state index contributed by atoms with van der Waals surface area (Å²) in [5, 5.41) is 2.52. The highest BCUT2D eigenvalue weighted by molar-refractivity contribution is 6.00. The molecule has 1 heteroatoms. The first-order valence-corrected chi connectivity index (χ1v) is 21.9. The highest BCUT2D eigenvalue weighted by Gasteiger charge is 2.66. The lowest BCUT2D eigenvalue weighted by molar-refractivity contribution is 0.191. The van der Waals surface area contributed by atoms with Gasteiger partial charge >= 0.3 is 0 Å². The molecule has 4 saturated carbocycles. The van der Waals surface area contributed by atoms with E-state index in [1.54, 1.807) is 11.1 Å². The second kappa shape index (κ2) is 12.2. The van der Waals surface area contributed by atoms with Crippen LogP contribution >= 0.6 is 0 Å². The Hall–Kier alpha value is -6.18. The molecule has 5 unspecified atom stereocenters. The Morgan fingerprint density at radius 3 is 1.88 bits per heavy atom. The molecule has 0 radical (unpaired) electrons. The number of rotatable bonds is 5. The highest BCUT2D eigenvalue weighted by Crippen LogP contribution is 2.73. The van der Waals surface area contributed by atoms with Crippen LogP contribution in [0.2, 0.25) is 0 Å². The van der Waals surface area contributed by atoms with Crippen molar-refractivity contribution in [2.75, 3.05) is 4.90 Å². The summed E-state index contributed by atoms with van der Waals surface area (Å²) < 4.78 is 0. The molecule has 0 N–H and O–H groups in total. The summed E-state index contributed by atoms with van der Waals surface area (Å²) in [6.07, 6.45) is 5.58. The van der Waals surface area contributed by atoms with Crippen LogP contribution in [-0.4, -0.2) is 0 Å². The third kappa shape index (κ3) is 4.57. The van der Waals surface area contributed by atoms with Crippen molar-refractivity contribution in [3.63, 3.8) is 0 Å². The van der Waals surface area contributed by atoms with Crippen molar-refractivity contribution in [3.8, 4) is 44.5 Å². The van der Waals surface area contributed by atoms with Crippen molar-refractivity contribution < 1.29 is 0 Å². The summed E-state index contributed by atoms with van der Waals surface area (Å²) in [5.74, 6) is 3.20. The molecule has 0 aromatic heterocycles. The summed E-state index contributed by atoms with van der Waals surface area (Å²) in [7, 11) is 0. The van der Waals surface area contributed by atoms with Crippen LogP contribution in [0, 0.1) is 23.7 Å². The normalized spacial score (nSPS) is 23.4. The third-order valence-corrected chi connectivity index (χ3v) is 15.8. The molecule has 0 aliphatic heterocycles. The largest absolute Gasteiger partial charge is 0.310 e. The number of benzene rings is 8. The summed E-state index contributed by atoms with van der Waals surface area (Å²) in [4.78, 5) is 2.62. The molecule has 14 rings (SSSR count). The Bertz CT molecular complexity index is 3020. The zero-order valence-electron chi connectivity index (χ0n) is 33.8. The van der Waals surface area contributed by atoms with Crippen molar-refractivity contribution >= 4 is 27.8 Å². The molecule has 8 aromatic carbocycles.